The second kappa shape index (κ2) is 22.1. The minimum absolute atomic E-state index is 0.00206. The summed E-state index contributed by atoms with van der Waals surface area (Å²) in [7, 11) is 1.53. The number of carbonyl (C=O) groups excluding carboxylic acids is 2. The van der Waals surface area contributed by atoms with Crippen LogP contribution >= 0.6 is 7.82 Å². The summed E-state index contributed by atoms with van der Waals surface area (Å²) in [4.78, 5) is 50.5. The van der Waals surface area contributed by atoms with Gasteiger partial charge in [-0.05, 0) is 57.6 Å². The number of para-hydroxylation sites is 1. The number of carbonyl (C=O) groups is 3. The van der Waals surface area contributed by atoms with E-state index >= 15 is 0 Å². The van der Waals surface area contributed by atoms with E-state index in [2.05, 4.69) is 20.9 Å². The van der Waals surface area contributed by atoms with Crippen LogP contribution in [0.2, 0.25) is 0 Å². The molecule has 2 amide bonds. The quantitative estimate of drug-likeness (QED) is 0.0541. The van der Waals surface area contributed by atoms with Crippen molar-refractivity contribution in [3.8, 4) is 22.5 Å². The first-order valence-electron chi connectivity index (χ1n) is 20.6. The number of ether oxygens (including phenoxy) is 2. The van der Waals surface area contributed by atoms with Crippen LogP contribution in [0.15, 0.2) is 48.5 Å². The van der Waals surface area contributed by atoms with Gasteiger partial charge in [0.1, 0.15) is 25.7 Å². The van der Waals surface area contributed by atoms with Crippen LogP contribution in [0.4, 0.5) is 5.69 Å². The predicted molar refractivity (Wildman–Crippen MR) is 222 cm³/mol. The standard InChI is InChI=1S/C41H58BN6O10P/c1-27(2)44-32(41(51)52)17-13-22-48-40-30-15-8-7-14-29(30)25-47(33-18-10-9-16-31(33)39(40)45-46-48)38(50)20-19-37(49)43-21-11-5-6-12-23-56-59(53,54)58-34-24-36(42)57-35(34)26-55-28(3)4/h7-10,14-16,18,27-28,32,34-36,44H,5-6,11-13,17,19-26H2,1-4H3,(H,43,49)(H,51,52)(H,53,54)/t32?,34-,35-,36-/m1/s1. The Kier molecular flexibility index (Phi) is 17.2. The van der Waals surface area contributed by atoms with Gasteiger partial charge in [-0.3, -0.25) is 23.4 Å². The van der Waals surface area contributed by atoms with Crippen molar-refractivity contribution in [1.82, 2.24) is 25.6 Å². The van der Waals surface area contributed by atoms with Gasteiger partial charge in [0.15, 0.2) is 0 Å². The third-order valence-electron chi connectivity index (χ3n) is 10.1. The molecule has 2 radical (unpaired) electrons. The maximum atomic E-state index is 13.9. The first-order chi connectivity index (χ1) is 28.2. The normalized spacial score (nSPS) is 19.0. The third-order valence-corrected chi connectivity index (χ3v) is 11.1. The fourth-order valence-corrected chi connectivity index (χ4v) is 8.23. The average molecular weight is 837 g/mol. The number of aromatic nitrogens is 3. The predicted octanol–water partition coefficient (Wildman–Crippen LogP) is 5.36. The molecule has 1 aromatic heterocycles. The van der Waals surface area contributed by atoms with Gasteiger partial charge < -0.3 is 35.0 Å². The number of fused-ring (bicyclic) bond motifs is 5. The van der Waals surface area contributed by atoms with Crippen molar-refractivity contribution in [2.75, 3.05) is 24.7 Å². The molecule has 0 bridgehead atoms. The molecule has 5 rings (SSSR count). The lowest BCUT2D eigenvalue weighted by Crippen LogP contribution is -2.40. The molecule has 1 saturated heterocycles. The Labute approximate surface area is 347 Å². The Bertz CT molecular complexity index is 1910. The van der Waals surface area contributed by atoms with Crippen LogP contribution in [-0.2, 0) is 50.6 Å². The van der Waals surface area contributed by atoms with Crippen LogP contribution < -0.4 is 15.5 Å². The number of aliphatic carboxylic acids is 1. The molecule has 0 aliphatic carbocycles. The molecule has 59 heavy (non-hydrogen) atoms. The molecule has 16 nitrogen and oxygen atoms in total. The monoisotopic (exact) mass is 836 g/mol. The highest BCUT2D eigenvalue weighted by Crippen LogP contribution is 2.47. The van der Waals surface area contributed by atoms with Crippen LogP contribution in [0.25, 0.3) is 22.5 Å². The lowest BCUT2D eigenvalue weighted by Gasteiger charge is -2.28. The van der Waals surface area contributed by atoms with E-state index in [1.165, 1.54) is 0 Å². The number of benzene rings is 2. The highest BCUT2D eigenvalue weighted by molar-refractivity contribution is 7.47. The van der Waals surface area contributed by atoms with Gasteiger partial charge in [0, 0.05) is 49.1 Å². The summed E-state index contributed by atoms with van der Waals surface area (Å²) in [6.07, 6.45) is 2.63. The lowest BCUT2D eigenvalue weighted by molar-refractivity contribution is -0.140. The van der Waals surface area contributed by atoms with Crippen molar-refractivity contribution < 1.29 is 47.5 Å². The molecular formula is C41H58BN6O10P. The van der Waals surface area contributed by atoms with E-state index in [1.807, 2.05) is 80.9 Å². The first-order valence-corrected chi connectivity index (χ1v) is 22.1. The van der Waals surface area contributed by atoms with Crippen LogP contribution in [-0.4, -0.2) is 107 Å². The third kappa shape index (κ3) is 13.5. The SMILES string of the molecule is [B][C@H]1C[C@@H](OP(=O)(O)OCCCCCCNC(=O)CCC(=O)N2Cc3ccccc3-c3c(nnn3CCCC(NC(C)C)C(=O)O)-c3ccccc32)[C@@H](COC(C)C)O1. The van der Waals surface area contributed by atoms with Crippen molar-refractivity contribution in [1.29, 1.82) is 0 Å². The average Bonchev–Trinajstić information content (AvgIpc) is 3.76. The molecule has 2 aliphatic heterocycles. The van der Waals surface area contributed by atoms with Crippen LogP contribution in [0, 0.1) is 0 Å². The Morgan fingerprint density at radius 3 is 2.47 bits per heavy atom. The number of phosphoric ester groups is 1. The van der Waals surface area contributed by atoms with E-state index in [0.29, 0.717) is 56.6 Å². The Balaban J connectivity index is 1.08. The number of aryl methyl sites for hydroxylation is 1. The van der Waals surface area contributed by atoms with E-state index in [-0.39, 0.29) is 63.0 Å². The minimum Gasteiger partial charge on any atom is -0.480 e. The number of hydrogen-bond acceptors (Lipinski definition) is 11. The summed E-state index contributed by atoms with van der Waals surface area (Å²) >= 11 is 0. The van der Waals surface area contributed by atoms with E-state index in [1.54, 1.807) is 4.90 Å². The lowest BCUT2D eigenvalue weighted by atomic mass is 9.95. The first kappa shape index (κ1) is 46.1. The van der Waals surface area contributed by atoms with E-state index in [9.17, 15) is 28.9 Å². The Morgan fingerprint density at radius 2 is 1.73 bits per heavy atom. The number of phosphoric acid groups is 1. The van der Waals surface area contributed by atoms with Crippen molar-refractivity contribution in [2.45, 2.75) is 135 Å². The molecule has 0 spiro atoms. The molecule has 3 aromatic rings. The largest absolute Gasteiger partial charge is 0.480 e. The second-order valence-corrected chi connectivity index (χ2v) is 17.0. The summed E-state index contributed by atoms with van der Waals surface area (Å²) in [5.74, 6) is -1.32. The smallest absolute Gasteiger partial charge is 0.472 e. The number of amides is 2. The Hall–Kier alpha value is -3.96. The summed E-state index contributed by atoms with van der Waals surface area (Å²) in [6.45, 7) is 8.98. The van der Waals surface area contributed by atoms with E-state index in [0.717, 1.165) is 28.8 Å². The molecule has 2 aromatic carbocycles. The minimum atomic E-state index is -4.32. The number of rotatable bonds is 23. The molecule has 4 N–H and O–H groups in total. The van der Waals surface area contributed by atoms with Gasteiger partial charge in [0.25, 0.3) is 0 Å². The summed E-state index contributed by atoms with van der Waals surface area (Å²) < 4.78 is 36.0. The Morgan fingerprint density at radius 1 is 1.00 bits per heavy atom. The number of unbranched alkanes of at least 4 members (excludes halogenated alkanes) is 3. The molecule has 5 atom stereocenters. The fraction of sp³-hybridized carbons (Fsp3) is 0.585. The zero-order chi connectivity index (χ0) is 42.5. The zero-order valence-electron chi connectivity index (χ0n) is 34.5. The van der Waals surface area contributed by atoms with Crippen molar-refractivity contribution in [3.63, 3.8) is 0 Å². The van der Waals surface area contributed by atoms with Crippen LogP contribution in [0.3, 0.4) is 0 Å². The summed E-state index contributed by atoms with van der Waals surface area (Å²) in [5, 5.41) is 24.8. The molecule has 18 heteroatoms. The maximum absolute atomic E-state index is 13.9. The summed E-state index contributed by atoms with van der Waals surface area (Å²) in [5.41, 5.74) is 4.60. The number of anilines is 1. The molecular weight excluding hydrogens is 778 g/mol. The van der Waals surface area contributed by atoms with E-state index in [4.69, 9.17) is 26.4 Å². The van der Waals surface area contributed by atoms with Gasteiger partial charge in [-0.15, -0.1) is 5.10 Å². The summed E-state index contributed by atoms with van der Waals surface area (Å²) in [6, 6.07) is 14.1. The van der Waals surface area contributed by atoms with Crippen molar-refractivity contribution in [2.24, 2.45) is 0 Å². The van der Waals surface area contributed by atoms with Crippen LogP contribution in [0.5, 0.6) is 0 Å². The number of hydrogen-bond donors (Lipinski definition) is 4. The highest BCUT2D eigenvalue weighted by Gasteiger charge is 2.39. The zero-order valence-corrected chi connectivity index (χ0v) is 35.4. The van der Waals surface area contributed by atoms with Gasteiger partial charge in [-0.25, -0.2) is 9.25 Å². The van der Waals surface area contributed by atoms with Crippen molar-refractivity contribution >= 4 is 39.1 Å². The van der Waals surface area contributed by atoms with Gasteiger partial charge in [-0.1, -0.05) is 74.4 Å². The molecule has 3 heterocycles. The highest BCUT2D eigenvalue weighted by atomic mass is 31.2. The number of nitrogens with one attached hydrogen (secondary N) is 2. The van der Waals surface area contributed by atoms with Gasteiger partial charge in [0.05, 0.1) is 43.3 Å². The second-order valence-electron chi connectivity index (χ2n) is 15.6. The molecule has 2 aliphatic rings. The number of carboxylic acids is 1. The van der Waals surface area contributed by atoms with E-state index < -0.39 is 38.0 Å². The maximum Gasteiger partial charge on any atom is 0.472 e. The number of nitrogens with zero attached hydrogens (tertiary/aromatic N) is 4. The molecule has 2 unspecified atom stereocenters. The van der Waals surface area contributed by atoms with Gasteiger partial charge in [-0.2, -0.15) is 0 Å². The fourth-order valence-electron chi connectivity index (χ4n) is 7.25. The number of carboxylic acid groups (broad SMARTS) is 1. The molecule has 0 saturated carbocycles. The molecule has 1 fully saturated rings. The van der Waals surface area contributed by atoms with Gasteiger partial charge in [0.2, 0.25) is 11.8 Å². The van der Waals surface area contributed by atoms with Gasteiger partial charge >= 0.3 is 13.8 Å². The molecule has 320 valence electrons. The topological polar surface area (TPSA) is 204 Å². The van der Waals surface area contributed by atoms with Crippen LogP contribution in [0.1, 0.15) is 91.0 Å². The van der Waals surface area contributed by atoms with Crippen molar-refractivity contribution in [3.05, 3.63) is 54.1 Å².